The highest BCUT2D eigenvalue weighted by molar-refractivity contribution is 7.89. The molecule has 0 bridgehead atoms. The quantitative estimate of drug-likeness (QED) is 0.727. The van der Waals surface area contributed by atoms with Crippen molar-refractivity contribution in [1.82, 2.24) is 14.3 Å². The number of fused-ring (bicyclic) bond motifs is 3. The molecular weight excluding hydrogens is 366 g/mol. The maximum absolute atomic E-state index is 12.6. The van der Waals surface area contributed by atoms with E-state index in [4.69, 9.17) is 9.47 Å². The Morgan fingerprint density at radius 3 is 2.78 bits per heavy atom. The summed E-state index contributed by atoms with van der Waals surface area (Å²) in [6.45, 7) is 3.11. The van der Waals surface area contributed by atoms with Crippen LogP contribution in [0.15, 0.2) is 47.4 Å². The maximum atomic E-state index is 12.6. The van der Waals surface area contributed by atoms with Gasteiger partial charge < -0.3 is 14.0 Å². The minimum absolute atomic E-state index is 0.159. The van der Waals surface area contributed by atoms with E-state index in [-0.39, 0.29) is 17.5 Å². The Morgan fingerprint density at radius 2 is 2.04 bits per heavy atom. The van der Waals surface area contributed by atoms with Crippen molar-refractivity contribution in [2.75, 3.05) is 20.3 Å². The first-order valence-electron chi connectivity index (χ1n) is 8.67. The lowest BCUT2D eigenvalue weighted by Crippen LogP contribution is -2.35. The number of nitrogens with zero attached hydrogens (tertiary/aromatic N) is 2. The van der Waals surface area contributed by atoms with Crippen molar-refractivity contribution in [2.45, 2.75) is 24.5 Å². The van der Waals surface area contributed by atoms with E-state index < -0.39 is 10.0 Å². The maximum Gasteiger partial charge on any atom is 0.240 e. The molecule has 0 amide bonds. The van der Waals surface area contributed by atoms with Crippen molar-refractivity contribution < 1.29 is 17.9 Å². The fourth-order valence-electron chi connectivity index (χ4n) is 3.32. The molecule has 1 aromatic heterocycles. The van der Waals surface area contributed by atoms with Gasteiger partial charge in [0, 0.05) is 6.54 Å². The van der Waals surface area contributed by atoms with Gasteiger partial charge in [0.1, 0.15) is 18.2 Å². The van der Waals surface area contributed by atoms with Crippen molar-refractivity contribution in [1.29, 1.82) is 0 Å². The Labute approximate surface area is 158 Å². The molecule has 4 rings (SSSR count). The topological polar surface area (TPSA) is 82.5 Å². The van der Waals surface area contributed by atoms with Crippen LogP contribution in [0.5, 0.6) is 5.75 Å². The van der Waals surface area contributed by atoms with Gasteiger partial charge in [-0.05, 0) is 48.9 Å². The number of rotatable bonds is 5. The van der Waals surface area contributed by atoms with E-state index in [1.54, 1.807) is 19.2 Å². The van der Waals surface area contributed by atoms with Crippen LogP contribution in [-0.4, -0.2) is 38.2 Å². The van der Waals surface area contributed by atoms with E-state index in [1.165, 1.54) is 12.1 Å². The number of hydrogen-bond donors (Lipinski definition) is 1. The molecule has 0 aliphatic carbocycles. The Morgan fingerprint density at radius 1 is 1.26 bits per heavy atom. The molecule has 142 valence electrons. The Hall–Kier alpha value is -2.42. The summed E-state index contributed by atoms with van der Waals surface area (Å²) >= 11 is 0. The van der Waals surface area contributed by atoms with Gasteiger partial charge in [-0.1, -0.05) is 6.07 Å². The molecular formula is C19H21N3O4S. The fourth-order valence-corrected chi connectivity index (χ4v) is 4.39. The van der Waals surface area contributed by atoms with Crippen LogP contribution < -0.4 is 9.46 Å². The second kappa shape index (κ2) is 6.95. The molecule has 0 spiro atoms. The van der Waals surface area contributed by atoms with Crippen LogP contribution in [-0.2, 0) is 21.4 Å². The second-order valence-electron chi connectivity index (χ2n) is 6.59. The molecule has 8 heteroatoms. The highest BCUT2D eigenvalue weighted by Crippen LogP contribution is 2.27. The Kier molecular flexibility index (Phi) is 4.63. The number of hydrogen-bond acceptors (Lipinski definition) is 5. The van der Waals surface area contributed by atoms with E-state index in [0.29, 0.717) is 19.0 Å². The number of nitrogens with one attached hydrogen (secondary N) is 1. The number of methoxy groups -OCH3 is 1. The summed E-state index contributed by atoms with van der Waals surface area (Å²) in [5.74, 6) is 1.43. The number of benzene rings is 2. The third-order valence-electron chi connectivity index (χ3n) is 4.70. The van der Waals surface area contributed by atoms with E-state index in [2.05, 4.69) is 20.3 Å². The average molecular weight is 387 g/mol. The molecule has 27 heavy (non-hydrogen) atoms. The van der Waals surface area contributed by atoms with Crippen LogP contribution >= 0.6 is 0 Å². The van der Waals surface area contributed by atoms with Gasteiger partial charge in [-0.3, -0.25) is 0 Å². The molecule has 0 saturated carbocycles. The smallest absolute Gasteiger partial charge is 0.240 e. The van der Waals surface area contributed by atoms with Gasteiger partial charge in [0.05, 0.1) is 35.7 Å². The molecule has 0 radical (unpaired) electrons. The lowest BCUT2D eigenvalue weighted by molar-refractivity contribution is 0.0581. The number of aromatic nitrogens is 2. The molecule has 0 saturated heterocycles. The summed E-state index contributed by atoms with van der Waals surface area (Å²) in [6, 6.07) is 12.2. The molecule has 3 aromatic rings. The van der Waals surface area contributed by atoms with Crippen molar-refractivity contribution in [3.05, 3.63) is 53.9 Å². The van der Waals surface area contributed by atoms with Gasteiger partial charge in [0.15, 0.2) is 0 Å². The third-order valence-corrected chi connectivity index (χ3v) is 6.14. The summed E-state index contributed by atoms with van der Waals surface area (Å²) in [5, 5.41) is 0. The molecule has 7 nitrogen and oxygen atoms in total. The summed E-state index contributed by atoms with van der Waals surface area (Å²) in [6.07, 6.45) is 0. The van der Waals surface area contributed by atoms with Gasteiger partial charge >= 0.3 is 0 Å². The Bertz CT molecular complexity index is 1070. The monoisotopic (exact) mass is 387 g/mol. The SMILES string of the molecule is COc1ccc(S(=O)(=O)NC[C@H]2COCc3nc4ccc(C)cc4n32)cc1. The van der Waals surface area contributed by atoms with E-state index in [9.17, 15) is 8.42 Å². The lowest BCUT2D eigenvalue weighted by atomic mass is 10.2. The number of ether oxygens (including phenoxy) is 2. The second-order valence-corrected chi connectivity index (χ2v) is 8.35. The molecule has 1 aliphatic heterocycles. The molecule has 1 N–H and O–H groups in total. The predicted octanol–water partition coefficient (Wildman–Crippen LogP) is 2.40. The average Bonchev–Trinajstić information content (AvgIpc) is 3.05. The zero-order valence-electron chi connectivity index (χ0n) is 15.2. The highest BCUT2D eigenvalue weighted by atomic mass is 32.2. The molecule has 2 heterocycles. The van der Waals surface area contributed by atoms with Crippen LogP contribution in [0.1, 0.15) is 17.4 Å². The van der Waals surface area contributed by atoms with Crippen molar-refractivity contribution in [3.8, 4) is 5.75 Å². The van der Waals surface area contributed by atoms with Gasteiger partial charge in [-0.25, -0.2) is 18.1 Å². The van der Waals surface area contributed by atoms with E-state index >= 15 is 0 Å². The van der Waals surface area contributed by atoms with Crippen molar-refractivity contribution in [3.63, 3.8) is 0 Å². The van der Waals surface area contributed by atoms with Gasteiger partial charge in [-0.2, -0.15) is 0 Å². The third kappa shape index (κ3) is 3.43. The highest BCUT2D eigenvalue weighted by Gasteiger charge is 2.26. The minimum Gasteiger partial charge on any atom is -0.497 e. The van der Waals surface area contributed by atoms with Crippen LogP contribution in [0.25, 0.3) is 11.0 Å². The zero-order chi connectivity index (χ0) is 19.0. The van der Waals surface area contributed by atoms with Crippen LogP contribution in [0, 0.1) is 6.92 Å². The summed E-state index contributed by atoms with van der Waals surface area (Å²) < 4.78 is 40.7. The largest absolute Gasteiger partial charge is 0.497 e. The lowest BCUT2D eigenvalue weighted by Gasteiger charge is -2.26. The van der Waals surface area contributed by atoms with Crippen LogP contribution in [0.4, 0.5) is 0 Å². The normalized spacial score (nSPS) is 17.0. The standard InChI is InChI=1S/C19H21N3O4S/c1-13-3-8-17-18(9-13)22-14(11-26-12-19(22)21-17)10-20-27(23,24)16-6-4-15(25-2)5-7-16/h3-9,14,20H,10-12H2,1-2H3/t14-/m0/s1. The first-order valence-corrected chi connectivity index (χ1v) is 10.2. The van der Waals surface area contributed by atoms with E-state index in [0.717, 1.165) is 22.4 Å². The summed E-state index contributed by atoms with van der Waals surface area (Å²) in [5.41, 5.74) is 3.03. The molecule has 1 aliphatic rings. The van der Waals surface area contributed by atoms with Gasteiger partial charge in [0.2, 0.25) is 10.0 Å². The van der Waals surface area contributed by atoms with Gasteiger partial charge in [-0.15, -0.1) is 0 Å². The first-order chi connectivity index (χ1) is 13.0. The number of imidazole rings is 1. The first kappa shape index (κ1) is 18.0. The molecule has 0 fully saturated rings. The minimum atomic E-state index is -3.63. The van der Waals surface area contributed by atoms with Crippen molar-refractivity contribution in [2.24, 2.45) is 0 Å². The van der Waals surface area contributed by atoms with Crippen LogP contribution in [0.2, 0.25) is 0 Å². The predicted molar refractivity (Wildman–Crippen MR) is 101 cm³/mol. The van der Waals surface area contributed by atoms with Crippen molar-refractivity contribution >= 4 is 21.1 Å². The molecule has 2 aromatic carbocycles. The zero-order valence-corrected chi connectivity index (χ0v) is 16.0. The molecule has 1 atom stereocenters. The summed E-state index contributed by atoms with van der Waals surface area (Å²) in [4.78, 5) is 4.81. The molecule has 0 unspecified atom stereocenters. The Balaban J connectivity index is 1.59. The van der Waals surface area contributed by atoms with E-state index in [1.807, 2.05) is 19.1 Å². The fraction of sp³-hybridized carbons (Fsp3) is 0.316. The van der Waals surface area contributed by atoms with Crippen LogP contribution in [0.3, 0.4) is 0 Å². The number of aryl methyl sites for hydroxylation is 1. The number of sulfonamides is 1. The van der Waals surface area contributed by atoms with Gasteiger partial charge in [0.25, 0.3) is 0 Å². The summed E-state index contributed by atoms with van der Waals surface area (Å²) in [7, 11) is -2.09.